The van der Waals surface area contributed by atoms with E-state index in [0.29, 0.717) is 5.76 Å². The molecule has 2 heteroatoms. The largest absolute Gasteiger partial charge is 0.453 e. The van der Waals surface area contributed by atoms with Crippen LogP contribution in [0.5, 0.6) is 0 Å². The Bertz CT molecular complexity index is 739. The smallest absolute Gasteiger partial charge is 0.185 e. The minimum Gasteiger partial charge on any atom is -0.453 e. The second-order valence-electron chi connectivity index (χ2n) is 4.72. The van der Waals surface area contributed by atoms with Gasteiger partial charge in [0.05, 0.1) is 0 Å². The highest BCUT2D eigenvalue weighted by molar-refractivity contribution is 5.75. The predicted octanol–water partition coefficient (Wildman–Crippen LogP) is 4.73. The summed E-state index contributed by atoms with van der Waals surface area (Å²) in [5.41, 5.74) is 4.50. The van der Waals surface area contributed by atoms with Crippen molar-refractivity contribution in [2.45, 2.75) is 6.92 Å². The van der Waals surface area contributed by atoms with Gasteiger partial charge in [0.1, 0.15) is 5.76 Å². The number of benzene rings is 2. The fourth-order valence-corrected chi connectivity index (χ4v) is 2.31. The van der Waals surface area contributed by atoms with Gasteiger partial charge in [0.15, 0.2) is 12.0 Å². The standard InChI is InChI=1S/C18H14O2/c1-13-11-15(14-5-3-2-4-6-14)7-9-17(13)18-10-8-16(12-19)20-18/h2-12H,1H3. The average molecular weight is 262 g/mol. The van der Waals surface area contributed by atoms with Crippen LogP contribution >= 0.6 is 0 Å². The Hall–Kier alpha value is -2.61. The number of furan rings is 1. The maximum absolute atomic E-state index is 10.7. The van der Waals surface area contributed by atoms with E-state index in [4.69, 9.17) is 4.42 Å². The van der Waals surface area contributed by atoms with Crippen LogP contribution in [-0.4, -0.2) is 6.29 Å². The number of carbonyl (C=O) groups is 1. The maximum Gasteiger partial charge on any atom is 0.185 e. The maximum atomic E-state index is 10.7. The Morgan fingerprint density at radius 3 is 2.35 bits per heavy atom. The van der Waals surface area contributed by atoms with Gasteiger partial charge in [0, 0.05) is 5.56 Å². The molecule has 3 rings (SSSR count). The van der Waals surface area contributed by atoms with Crippen molar-refractivity contribution in [3.8, 4) is 22.5 Å². The first-order chi connectivity index (χ1) is 9.78. The van der Waals surface area contributed by atoms with E-state index in [0.717, 1.165) is 23.2 Å². The first kappa shape index (κ1) is 12.4. The molecular weight excluding hydrogens is 248 g/mol. The van der Waals surface area contributed by atoms with Crippen LogP contribution in [0.4, 0.5) is 0 Å². The summed E-state index contributed by atoms with van der Waals surface area (Å²) in [6, 6.07) is 20.0. The lowest BCUT2D eigenvalue weighted by Crippen LogP contribution is -1.84. The minimum atomic E-state index is 0.353. The zero-order valence-electron chi connectivity index (χ0n) is 11.2. The van der Waals surface area contributed by atoms with Crippen molar-refractivity contribution < 1.29 is 9.21 Å². The van der Waals surface area contributed by atoms with Crippen molar-refractivity contribution in [3.05, 3.63) is 72.0 Å². The second-order valence-corrected chi connectivity index (χ2v) is 4.72. The van der Waals surface area contributed by atoms with Crippen LogP contribution < -0.4 is 0 Å². The summed E-state index contributed by atoms with van der Waals surface area (Å²) in [6.07, 6.45) is 0.719. The van der Waals surface area contributed by atoms with Crippen molar-refractivity contribution in [2.24, 2.45) is 0 Å². The molecule has 0 amide bonds. The molecule has 1 heterocycles. The molecule has 2 nitrogen and oxygen atoms in total. The summed E-state index contributed by atoms with van der Waals surface area (Å²) in [5, 5.41) is 0. The van der Waals surface area contributed by atoms with Crippen molar-refractivity contribution in [1.82, 2.24) is 0 Å². The zero-order valence-corrected chi connectivity index (χ0v) is 11.2. The highest BCUT2D eigenvalue weighted by Crippen LogP contribution is 2.29. The molecule has 0 aliphatic rings. The topological polar surface area (TPSA) is 30.2 Å². The molecule has 0 aliphatic carbocycles. The normalized spacial score (nSPS) is 10.4. The molecule has 0 spiro atoms. The molecule has 3 aromatic rings. The van der Waals surface area contributed by atoms with Crippen LogP contribution in [0.15, 0.2) is 65.1 Å². The van der Waals surface area contributed by atoms with Gasteiger partial charge < -0.3 is 4.42 Å². The number of hydrogen-bond donors (Lipinski definition) is 0. The summed E-state index contributed by atoms with van der Waals surface area (Å²) in [7, 11) is 0. The van der Waals surface area contributed by atoms with Crippen LogP contribution in [0.3, 0.4) is 0 Å². The van der Waals surface area contributed by atoms with Gasteiger partial charge in [-0.1, -0.05) is 48.5 Å². The summed E-state index contributed by atoms with van der Waals surface area (Å²) in [5.74, 6) is 1.08. The van der Waals surface area contributed by atoms with E-state index in [1.54, 1.807) is 6.07 Å². The Kier molecular flexibility index (Phi) is 3.21. The Morgan fingerprint density at radius 2 is 1.70 bits per heavy atom. The van der Waals surface area contributed by atoms with Crippen LogP contribution in [-0.2, 0) is 0 Å². The molecule has 98 valence electrons. The van der Waals surface area contributed by atoms with Crippen molar-refractivity contribution in [3.63, 3.8) is 0 Å². The Morgan fingerprint density at radius 1 is 0.900 bits per heavy atom. The summed E-state index contributed by atoms with van der Waals surface area (Å²) in [4.78, 5) is 10.7. The van der Waals surface area contributed by atoms with Gasteiger partial charge in [0.2, 0.25) is 0 Å². The van der Waals surface area contributed by atoms with Crippen molar-refractivity contribution in [1.29, 1.82) is 0 Å². The van der Waals surface area contributed by atoms with Gasteiger partial charge in [-0.05, 0) is 35.7 Å². The lowest BCUT2D eigenvalue weighted by Gasteiger charge is -2.07. The van der Waals surface area contributed by atoms with Crippen molar-refractivity contribution in [2.75, 3.05) is 0 Å². The molecule has 20 heavy (non-hydrogen) atoms. The molecule has 2 aromatic carbocycles. The van der Waals surface area contributed by atoms with E-state index in [1.807, 2.05) is 37.3 Å². The lowest BCUT2D eigenvalue weighted by atomic mass is 9.99. The molecule has 0 bridgehead atoms. The average Bonchev–Trinajstić information content (AvgIpc) is 2.97. The summed E-state index contributed by atoms with van der Waals surface area (Å²) in [6.45, 7) is 2.05. The zero-order chi connectivity index (χ0) is 13.9. The molecule has 0 saturated heterocycles. The Balaban J connectivity index is 2.01. The van der Waals surface area contributed by atoms with E-state index >= 15 is 0 Å². The molecule has 0 aliphatic heterocycles. The third-order valence-electron chi connectivity index (χ3n) is 3.34. The minimum absolute atomic E-state index is 0.353. The van der Waals surface area contributed by atoms with E-state index in [2.05, 4.69) is 24.3 Å². The van der Waals surface area contributed by atoms with Gasteiger partial charge in [-0.15, -0.1) is 0 Å². The SMILES string of the molecule is Cc1cc(-c2ccccc2)ccc1-c1ccc(C=O)o1. The molecule has 0 fully saturated rings. The second kappa shape index (κ2) is 5.17. The highest BCUT2D eigenvalue weighted by Gasteiger charge is 2.08. The lowest BCUT2D eigenvalue weighted by molar-refractivity contribution is 0.110. The molecule has 0 saturated carbocycles. The van der Waals surface area contributed by atoms with E-state index in [9.17, 15) is 4.79 Å². The van der Waals surface area contributed by atoms with Crippen LogP contribution in [0, 0.1) is 6.92 Å². The van der Waals surface area contributed by atoms with Gasteiger partial charge in [-0.25, -0.2) is 0 Å². The number of rotatable bonds is 3. The molecule has 0 N–H and O–H groups in total. The van der Waals surface area contributed by atoms with Crippen LogP contribution in [0.2, 0.25) is 0 Å². The molecule has 0 atom stereocenters. The highest BCUT2D eigenvalue weighted by atomic mass is 16.3. The number of carbonyl (C=O) groups excluding carboxylic acids is 1. The molecule has 0 unspecified atom stereocenters. The van der Waals surface area contributed by atoms with Gasteiger partial charge in [0.25, 0.3) is 0 Å². The van der Waals surface area contributed by atoms with E-state index in [-0.39, 0.29) is 0 Å². The van der Waals surface area contributed by atoms with Gasteiger partial charge in [-0.2, -0.15) is 0 Å². The van der Waals surface area contributed by atoms with E-state index < -0.39 is 0 Å². The number of hydrogen-bond acceptors (Lipinski definition) is 2. The fraction of sp³-hybridized carbons (Fsp3) is 0.0556. The first-order valence-corrected chi connectivity index (χ1v) is 6.49. The molecule has 1 aromatic heterocycles. The van der Waals surface area contributed by atoms with Crippen molar-refractivity contribution >= 4 is 6.29 Å². The number of aldehydes is 1. The van der Waals surface area contributed by atoms with Crippen LogP contribution in [0.1, 0.15) is 16.1 Å². The monoisotopic (exact) mass is 262 g/mol. The summed E-state index contributed by atoms with van der Waals surface area (Å²) < 4.78 is 5.48. The summed E-state index contributed by atoms with van der Waals surface area (Å²) >= 11 is 0. The Labute approximate surface area is 117 Å². The molecule has 0 radical (unpaired) electrons. The molecular formula is C18H14O2. The van der Waals surface area contributed by atoms with E-state index in [1.165, 1.54) is 11.1 Å². The number of aryl methyl sites for hydroxylation is 1. The third-order valence-corrected chi connectivity index (χ3v) is 3.34. The first-order valence-electron chi connectivity index (χ1n) is 6.49. The predicted molar refractivity (Wildman–Crippen MR) is 79.7 cm³/mol. The van der Waals surface area contributed by atoms with Crippen LogP contribution in [0.25, 0.3) is 22.5 Å². The van der Waals surface area contributed by atoms with Gasteiger partial charge in [-0.3, -0.25) is 4.79 Å². The quantitative estimate of drug-likeness (QED) is 0.638. The fourth-order valence-electron chi connectivity index (χ4n) is 2.31. The van der Waals surface area contributed by atoms with Gasteiger partial charge >= 0.3 is 0 Å². The third kappa shape index (κ3) is 2.28.